The molecule has 0 atom stereocenters. The fourth-order valence-corrected chi connectivity index (χ4v) is 2.08. The molecule has 1 aliphatic carbocycles. The Morgan fingerprint density at radius 3 is 2.68 bits per heavy atom. The Bertz CT molecular complexity index is 452. The van der Waals surface area contributed by atoms with E-state index in [4.69, 9.17) is 9.84 Å². The molecule has 1 saturated carbocycles. The second-order valence-electron chi connectivity index (χ2n) is 4.52. The molecule has 1 fully saturated rings. The summed E-state index contributed by atoms with van der Waals surface area (Å²) in [5.74, 6) is -0.869. The van der Waals surface area contributed by atoms with Crippen molar-refractivity contribution in [3.8, 4) is 5.75 Å². The number of carboxylic acid groups (broad SMARTS) is 1. The molecule has 1 amide bonds. The van der Waals surface area contributed by atoms with Crippen LogP contribution in [0.5, 0.6) is 5.75 Å². The third kappa shape index (κ3) is 3.94. The molecular formula is C13H16N2O4. The quantitative estimate of drug-likeness (QED) is 0.834. The van der Waals surface area contributed by atoms with Gasteiger partial charge in [0.25, 0.3) is 5.91 Å². The Labute approximate surface area is 110 Å². The van der Waals surface area contributed by atoms with E-state index >= 15 is 0 Å². The van der Waals surface area contributed by atoms with Crippen LogP contribution in [0.2, 0.25) is 0 Å². The van der Waals surface area contributed by atoms with E-state index in [1.165, 1.54) is 18.3 Å². The maximum atomic E-state index is 11.6. The van der Waals surface area contributed by atoms with Gasteiger partial charge in [0.15, 0.2) is 6.61 Å². The van der Waals surface area contributed by atoms with Gasteiger partial charge in [0.2, 0.25) is 0 Å². The van der Waals surface area contributed by atoms with Crippen molar-refractivity contribution in [2.75, 3.05) is 6.61 Å². The van der Waals surface area contributed by atoms with Crippen LogP contribution in [-0.4, -0.2) is 34.6 Å². The third-order valence-electron chi connectivity index (χ3n) is 3.05. The van der Waals surface area contributed by atoms with Gasteiger partial charge in [-0.2, -0.15) is 0 Å². The first-order valence-electron chi connectivity index (χ1n) is 6.26. The standard InChI is InChI=1S/C13H16N2O4/c16-12(15-9-3-1-2-4-9)8-19-10-5-6-11(13(17)18)14-7-10/h5-7,9H,1-4,8H2,(H,15,16)(H,17,18). The highest BCUT2D eigenvalue weighted by Gasteiger charge is 2.17. The number of aromatic nitrogens is 1. The van der Waals surface area contributed by atoms with Crippen LogP contribution in [0.4, 0.5) is 0 Å². The molecule has 2 N–H and O–H groups in total. The highest BCUT2D eigenvalue weighted by molar-refractivity contribution is 5.85. The van der Waals surface area contributed by atoms with Crippen molar-refractivity contribution in [2.45, 2.75) is 31.7 Å². The zero-order valence-corrected chi connectivity index (χ0v) is 10.5. The van der Waals surface area contributed by atoms with E-state index in [1.54, 1.807) is 0 Å². The maximum absolute atomic E-state index is 11.6. The Hall–Kier alpha value is -2.11. The van der Waals surface area contributed by atoms with Crippen LogP contribution in [0.15, 0.2) is 18.3 Å². The predicted octanol–water partition coefficient (Wildman–Crippen LogP) is 1.22. The molecule has 0 aliphatic heterocycles. The van der Waals surface area contributed by atoms with Crippen molar-refractivity contribution >= 4 is 11.9 Å². The van der Waals surface area contributed by atoms with Crippen molar-refractivity contribution < 1.29 is 19.4 Å². The van der Waals surface area contributed by atoms with Gasteiger partial charge < -0.3 is 15.2 Å². The van der Waals surface area contributed by atoms with Gasteiger partial charge in [0, 0.05) is 6.04 Å². The van der Waals surface area contributed by atoms with E-state index < -0.39 is 5.97 Å². The summed E-state index contributed by atoms with van der Waals surface area (Å²) in [6.07, 6.45) is 5.67. The van der Waals surface area contributed by atoms with Crippen LogP contribution in [0.25, 0.3) is 0 Å². The zero-order valence-electron chi connectivity index (χ0n) is 10.5. The molecule has 0 unspecified atom stereocenters. The fraction of sp³-hybridized carbons (Fsp3) is 0.462. The van der Waals surface area contributed by atoms with E-state index in [-0.39, 0.29) is 24.2 Å². The first-order valence-corrected chi connectivity index (χ1v) is 6.26. The van der Waals surface area contributed by atoms with Gasteiger partial charge in [-0.3, -0.25) is 4.79 Å². The number of ether oxygens (including phenoxy) is 1. The van der Waals surface area contributed by atoms with Gasteiger partial charge >= 0.3 is 5.97 Å². The molecule has 19 heavy (non-hydrogen) atoms. The third-order valence-corrected chi connectivity index (χ3v) is 3.05. The number of aromatic carboxylic acids is 1. The van der Waals surface area contributed by atoms with Crippen LogP contribution in [0.3, 0.4) is 0 Å². The number of amides is 1. The monoisotopic (exact) mass is 264 g/mol. The van der Waals surface area contributed by atoms with E-state index in [0.717, 1.165) is 25.7 Å². The predicted molar refractivity (Wildman–Crippen MR) is 67.1 cm³/mol. The summed E-state index contributed by atoms with van der Waals surface area (Å²) < 4.78 is 5.25. The highest BCUT2D eigenvalue weighted by atomic mass is 16.5. The Balaban J connectivity index is 1.77. The van der Waals surface area contributed by atoms with Crippen LogP contribution in [-0.2, 0) is 4.79 Å². The molecular weight excluding hydrogens is 248 g/mol. The number of nitrogens with zero attached hydrogens (tertiary/aromatic N) is 1. The Morgan fingerprint density at radius 1 is 1.37 bits per heavy atom. The molecule has 0 radical (unpaired) electrons. The number of hydrogen-bond acceptors (Lipinski definition) is 4. The number of hydrogen-bond donors (Lipinski definition) is 2. The average molecular weight is 264 g/mol. The Kier molecular flexibility index (Phi) is 4.33. The van der Waals surface area contributed by atoms with Crippen molar-refractivity contribution in [3.63, 3.8) is 0 Å². The first-order chi connectivity index (χ1) is 9.15. The first kappa shape index (κ1) is 13.3. The second-order valence-corrected chi connectivity index (χ2v) is 4.52. The minimum absolute atomic E-state index is 0.0530. The molecule has 6 nitrogen and oxygen atoms in total. The molecule has 1 aromatic rings. The number of nitrogens with one attached hydrogen (secondary N) is 1. The summed E-state index contributed by atoms with van der Waals surface area (Å²) in [7, 11) is 0. The van der Waals surface area contributed by atoms with E-state index in [2.05, 4.69) is 10.3 Å². The summed E-state index contributed by atoms with van der Waals surface area (Å²) in [6, 6.07) is 3.09. The number of carbonyl (C=O) groups excluding carboxylic acids is 1. The summed E-state index contributed by atoms with van der Waals surface area (Å²) in [5.41, 5.74) is -0.0530. The zero-order chi connectivity index (χ0) is 13.7. The summed E-state index contributed by atoms with van der Waals surface area (Å²) in [6.45, 7) is -0.0788. The van der Waals surface area contributed by atoms with Crippen LogP contribution >= 0.6 is 0 Å². The molecule has 0 aromatic carbocycles. The lowest BCUT2D eigenvalue weighted by molar-refractivity contribution is -0.123. The largest absolute Gasteiger partial charge is 0.482 e. The van der Waals surface area contributed by atoms with E-state index in [0.29, 0.717) is 5.75 Å². The smallest absolute Gasteiger partial charge is 0.354 e. The minimum Gasteiger partial charge on any atom is -0.482 e. The maximum Gasteiger partial charge on any atom is 0.354 e. The number of carboxylic acids is 1. The van der Waals surface area contributed by atoms with Gasteiger partial charge in [-0.1, -0.05) is 12.8 Å². The lowest BCUT2D eigenvalue weighted by Gasteiger charge is -2.12. The molecule has 6 heteroatoms. The molecule has 0 spiro atoms. The second kappa shape index (κ2) is 6.17. The molecule has 2 rings (SSSR count). The average Bonchev–Trinajstić information content (AvgIpc) is 2.89. The van der Waals surface area contributed by atoms with Crippen LogP contribution in [0.1, 0.15) is 36.2 Å². The van der Waals surface area contributed by atoms with Gasteiger partial charge in [0.05, 0.1) is 6.20 Å². The SMILES string of the molecule is O=C(COc1ccc(C(=O)O)nc1)NC1CCCC1. The van der Waals surface area contributed by atoms with Crippen LogP contribution < -0.4 is 10.1 Å². The molecule has 1 aromatic heterocycles. The van der Waals surface area contributed by atoms with Gasteiger partial charge in [-0.25, -0.2) is 9.78 Å². The molecule has 0 saturated heterocycles. The van der Waals surface area contributed by atoms with Crippen molar-refractivity contribution in [2.24, 2.45) is 0 Å². The van der Waals surface area contributed by atoms with Crippen molar-refractivity contribution in [3.05, 3.63) is 24.0 Å². The summed E-state index contributed by atoms with van der Waals surface area (Å²) in [4.78, 5) is 25.9. The molecule has 0 bridgehead atoms. The van der Waals surface area contributed by atoms with E-state index in [9.17, 15) is 9.59 Å². The number of carbonyl (C=O) groups is 2. The molecule has 1 heterocycles. The highest BCUT2D eigenvalue weighted by Crippen LogP contribution is 2.17. The lowest BCUT2D eigenvalue weighted by atomic mass is 10.2. The van der Waals surface area contributed by atoms with E-state index in [1.807, 2.05) is 0 Å². The van der Waals surface area contributed by atoms with Crippen LogP contribution in [0, 0.1) is 0 Å². The van der Waals surface area contributed by atoms with Gasteiger partial charge in [-0.15, -0.1) is 0 Å². The molecule has 1 aliphatic rings. The summed E-state index contributed by atoms with van der Waals surface area (Å²) >= 11 is 0. The normalized spacial score (nSPS) is 15.2. The lowest BCUT2D eigenvalue weighted by Crippen LogP contribution is -2.36. The van der Waals surface area contributed by atoms with Crippen molar-refractivity contribution in [1.82, 2.24) is 10.3 Å². The fourth-order valence-electron chi connectivity index (χ4n) is 2.08. The number of pyridine rings is 1. The number of rotatable bonds is 5. The van der Waals surface area contributed by atoms with Gasteiger partial charge in [-0.05, 0) is 25.0 Å². The minimum atomic E-state index is -1.09. The van der Waals surface area contributed by atoms with Crippen molar-refractivity contribution in [1.29, 1.82) is 0 Å². The Morgan fingerprint density at radius 2 is 2.11 bits per heavy atom. The molecule has 102 valence electrons. The topological polar surface area (TPSA) is 88.5 Å². The van der Waals surface area contributed by atoms with Gasteiger partial charge in [0.1, 0.15) is 11.4 Å². The summed E-state index contributed by atoms with van der Waals surface area (Å²) in [5, 5.41) is 11.6.